The van der Waals surface area contributed by atoms with Gasteiger partial charge < -0.3 is 4.57 Å². The van der Waals surface area contributed by atoms with Gasteiger partial charge in [-0.25, -0.2) is 4.52 Å². The van der Waals surface area contributed by atoms with Crippen LogP contribution in [-0.2, 0) is 6.54 Å². The van der Waals surface area contributed by atoms with E-state index in [-0.39, 0.29) is 11.0 Å². The van der Waals surface area contributed by atoms with Crippen molar-refractivity contribution in [3.63, 3.8) is 0 Å². The van der Waals surface area contributed by atoms with Crippen LogP contribution in [0.4, 0.5) is 0 Å². The molecule has 108 valence electrons. The SMILES string of the molecule is Cc1cc2c(=O)n(CC3(CS)CCCCC3)ccn2n1. The van der Waals surface area contributed by atoms with Crippen LogP contribution in [0.15, 0.2) is 23.3 Å². The summed E-state index contributed by atoms with van der Waals surface area (Å²) in [6, 6.07) is 1.85. The summed E-state index contributed by atoms with van der Waals surface area (Å²) in [5, 5.41) is 4.29. The summed E-state index contributed by atoms with van der Waals surface area (Å²) in [5.74, 6) is 0.850. The summed E-state index contributed by atoms with van der Waals surface area (Å²) in [6.07, 6.45) is 9.90. The van der Waals surface area contributed by atoms with Crippen LogP contribution in [0.1, 0.15) is 37.8 Å². The second-order valence-electron chi connectivity index (χ2n) is 6.07. The summed E-state index contributed by atoms with van der Waals surface area (Å²) in [7, 11) is 0. The summed E-state index contributed by atoms with van der Waals surface area (Å²) >= 11 is 4.56. The van der Waals surface area contributed by atoms with E-state index in [9.17, 15) is 4.79 Å². The van der Waals surface area contributed by atoms with Crippen molar-refractivity contribution in [1.82, 2.24) is 14.2 Å². The lowest BCUT2D eigenvalue weighted by Gasteiger charge is -2.36. The lowest BCUT2D eigenvalue weighted by molar-refractivity contribution is 0.188. The van der Waals surface area contributed by atoms with E-state index in [1.165, 1.54) is 32.1 Å². The molecule has 0 atom stereocenters. The Morgan fingerprint density at radius 1 is 1.30 bits per heavy atom. The maximum atomic E-state index is 12.6. The van der Waals surface area contributed by atoms with E-state index in [4.69, 9.17) is 0 Å². The molecular formula is C15H21N3OS. The number of aryl methyl sites for hydroxylation is 1. The Morgan fingerprint density at radius 2 is 2.05 bits per heavy atom. The number of nitrogens with zero attached hydrogens (tertiary/aromatic N) is 3. The molecule has 1 aliphatic carbocycles. The van der Waals surface area contributed by atoms with Crippen LogP contribution in [0.25, 0.3) is 5.52 Å². The molecular weight excluding hydrogens is 270 g/mol. The monoisotopic (exact) mass is 291 g/mol. The summed E-state index contributed by atoms with van der Waals surface area (Å²) in [6.45, 7) is 2.68. The number of fused-ring (bicyclic) bond motifs is 1. The van der Waals surface area contributed by atoms with E-state index in [2.05, 4.69) is 17.7 Å². The minimum atomic E-state index is 0.0554. The zero-order chi connectivity index (χ0) is 14.2. The third-order valence-corrected chi connectivity index (χ3v) is 5.15. The molecule has 3 rings (SSSR count). The number of rotatable bonds is 3. The van der Waals surface area contributed by atoms with Gasteiger partial charge in [-0.15, -0.1) is 0 Å². The van der Waals surface area contributed by atoms with Crippen LogP contribution in [-0.4, -0.2) is 19.9 Å². The van der Waals surface area contributed by atoms with Gasteiger partial charge in [0.1, 0.15) is 5.52 Å². The third kappa shape index (κ3) is 2.39. The number of aromatic nitrogens is 3. The van der Waals surface area contributed by atoms with Gasteiger partial charge in [-0.05, 0) is 37.0 Å². The molecule has 4 nitrogen and oxygen atoms in total. The molecule has 1 aliphatic rings. The molecule has 20 heavy (non-hydrogen) atoms. The topological polar surface area (TPSA) is 39.3 Å². The second kappa shape index (κ2) is 5.28. The zero-order valence-electron chi connectivity index (χ0n) is 11.9. The first-order valence-electron chi connectivity index (χ1n) is 7.30. The van der Waals surface area contributed by atoms with Gasteiger partial charge in [0.15, 0.2) is 0 Å². The van der Waals surface area contributed by atoms with Crippen molar-refractivity contribution in [2.24, 2.45) is 5.41 Å². The lowest BCUT2D eigenvalue weighted by Crippen LogP contribution is -2.35. The van der Waals surface area contributed by atoms with Gasteiger partial charge in [0.05, 0.1) is 5.69 Å². The standard InChI is InChI=1S/C15H21N3OS/c1-12-9-13-14(19)17(7-8-18(13)16-12)10-15(11-20)5-3-2-4-6-15/h7-9,20H,2-6,10-11H2,1H3. The van der Waals surface area contributed by atoms with E-state index >= 15 is 0 Å². The van der Waals surface area contributed by atoms with Gasteiger partial charge in [-0.1, -0.05) is 19.3 Å². The smallest absolute Gasteiger partial charge is 0.276 e. The zero-order valence-corrected chi connectivity index (χ0v) is 12.8. The first-order valence-corrected chi connectivity index (χ1v) is 7.93. The van der Waals surface area contributed by atoms with Gasteiger partial charge >= 0.3 is 0 Å². The fourth-order valence-corrected chi connectivity index (χ4v) is 3.72. The van der Waals surface area contributed by atoms with Gasteiger partial charge in [0, 0.05) is 18.9 Å². The molecule has 0 amide bonds. The van der Waals surface area contributed by atoms with Crippen LogP contribution in [0.2, 0.25) is 0 Å². The molecule has 1 fully saturated rings. The Bertz CT molecular complexity index is 667. The van der Waals surface area contributed by atoms with Gasteiger partial charge in [-0.3, -0.25) is 4.79 Å². The van der Waals surface area contributed by atoms with E-state index in [1.54, 1.807) is 4.52 Å². The highest BCUT2D eigenvalue weighted by Crippen LogP contribution is 2.38. The number of hydrogen-bond acceptors (Lipinski definition) is 3. The molecule has 0 aromatic carbocycles. The molecule has 0 unspecified atom stereocenters. The van der Waals surface area contributed by atoms with Crippen molar-refractivity contribution >= 4 is 18.1 Å². The number of hydrogen-bond donors (Lipinski definition) is 1. The molecule has 2 heterocycles. The minimum absolute atomic E-state index is 0.0554. The maximum Gasteiger partial charge on any atom is 0.276 e. The number of thiol groups is 1. The highest BCUT2D eigenvalue weighted by atomic mass is 32.1. The van der Waals surface area contributed by atoms with E-state index in [0.29, 0.717) is 5.52 Å². The van der Waals surface area contributed by atoms with Crippen LogP contribution in [0.3, 0.4) is 0 Å². The van der Waals surface area contributed by atoms with Crippen molar-refractivity contribution in [1.29, 1.82) is 0 Å². The van der Waals surface area contributed by atoms with Crippen molar-refractivity contribution < 1.29 is 0 Å². The van der Waals surface area contributed by atoms with Crippen LogP contribution >= 0.6 is 12.6 Å². The fraction of sp³-hybridized carbons (Fsp3) is 0.600. The summed E-state index contributed by atoms with van der Waals surface area (Å²) in [4.78, 5) is 12.6. The van der Waals surface area contributed by atoms with Crippen molar-refractivity contribution in [3.05, 3.63) is 34.5 Å². The average molecular weight is 291 g/mol. The maximum absolute atomic E-state index is 12.6. The van der Waals surface area contributed by atoms with Crippen molar-refractivity contribution in [2.45, 2.75) is 45.6 Å². The Hall–Kier alpha value is -1.23. The van der Waals surface area contributed by atoms with E-state index in [0.717, 1.165) is 18.0 Å². The van der Waals surface area contributed by atoms with Gasteiger partial charge in [0.2, 0.25) is 0 Å². The summed E-state index contributed by atoms with van der Waals surface area (Å²) < 4.78 is 3.51. The Morgan fingerprint density at radius 3 is 2.75 bits per heavy atom. The fourth-order valence-electron chi connectivity index (χ4n) is 3.30. The van der Waals surface area contributed by atoms with Gasteiger partial charge in [-0.2, -0.15) is 17.7 Å². The highest BCUT2D eigenvalue weighted by Gasteiger charge is 2.31. The minimum Gasteiger partial charge on any atom is -0.312 e. The van der Waals surface area contributed by atoms with Crippen LogP contribution in [0.5, 0.6) is 0 Å². The predicted octanol–water partition coefficient (Wildman–Crippen LogP) is 2.68. The molecule has 0 saturated heterocycles. The molecule has 0 N–H and O–H groups in total. The second-order valence-corrected chi connectivity index (χ2v) is 6.38. The van der Waals surface area contributed by atoms with Crippen molar-refractivity contribution in [2.75, 3.05) is 5.75 Å². The average Bonchev–Trinajstić information content (AvgIpc) is 2.85. The van der Waals surface area contributed by atoms with Crippen LogP contribution in [0, 0.1) is 12.3 Å². The normalized spacial score (nSPS) is 18.5. The molecule has 2 aromatic heterocycles. The molecule has 0 aliphatic heterocycles. The van der Waals surface area contributed by atoms with E-state index in [1.807, 2.05) is 30.0 Å². The molecule has 0 radical (unpaired) electrons. The Balaban J connectivity index is 1.97. The first kappa shape index (κ1) is 13.7. The van der Waals surface area contributed by atoms with Crippen molar-refractivity contribution in [3.8, 4) is 0 Å². The Kier molecular flexibility index (Phi) is 3.63. The molecule has 0 spiro atoms. The van der Waals surface area contributed by atoms with Crippen LogP contribution < -0.4 is 5.56 Å². The van der Waals surface area contributed by atoms with Gasteiger partial charge in [0.25, 0.3) is 5.56 Å². The quantitative estimate of drug-likeness (QED) is 0.883. The Labute approximate surface area is 124 Å². The first-order chi connectivity index (χ1) is 9.63. The lowest BCUT2D eigenvalue weighted by atomic mass is 9.75. The molecule has 5 heteroatoms. The largest absolute Gasteiger partial charge is 0.312 e. The molecule has 2 aromatic rings. The molecule has 0 bridgehead atoms. The highest BCUT2D eigenvalue weighted by molar-refractivity contribution is 7.80. The summed E-state index contributed by atoms with van der Waals surface area (Å²) in [5.41, 5.74) is 1.77. The van der Waals surface area contributed by atoms with E-state index < -0.39 is 0 Å². The predicted molar refractivity (Wildman–Crippen MR) is 83.6 cm³/mol. The third-order valence-electron chi connectivity index (χ3n) is 4.48. The molecule has 1 saturated carbocycles.